The first-order chi connectivity index (χ1) is 12.1. The molecule has 2 saturated heterocycles. The molecule has 1 aromatic carbocycles. The topological polar surface area (TPSA) is 66.6 Å². The van der Waals surface area contributed by atoms with Gasteiger partial charge in [-0.05, 0) is 69.3 Å². The first-order valence-electron chi connectivity index (χ1n) is 9.52. The Labute approximate surface area is 149 Å². The minimum atomic E-state index is -0.447. The van der Waals surface area contributed by atoms with E-state index in [1.807, 2.05) is 12.1 Å². The molecule has 2 aliphatic heterocycles. The van der Waals surface area contributed by atoms with E-state index in [1.54, 1.807) is 4.90 Å². The van der Waals surface area contributed by atoms with Crippen LogP contribution in [0.1, 0.15) is 54.4 Å². The number of nitrogens with zero attached hydrogens (tertiary/aromatic N) is 2. The first kappa shape index (κ1) is 16.6. The summed E-state index contributed by atoms with van der Waals surface area (Å²) >= 11 is 0. The third kappa shape index (κ3) is 3.17. The average molecular weight is 341 g/mol. The van der Waals surface area contributed by atoms with Crippen molar-refractivity contribution in [2.24, 2.45) is 5.73 Å². The molecule has 5 nitrogen and oxygen atoms in total. The van der Waals surface area contributed by atoms with E-state index < -0.39 is 11.9 Å². The maximum Gasteiger partial charge on any atom is 0.254 e. The predicted octanol–water partition coefficient (Wildman–Crippen LogP) is 1.90. The van der Waals surface area contributed by atoms with Crippen molar-refractivity contribution in [1.29, 1.82) is 0 Å². The molecule has 2 amide bonds. The summed E-state index contributed by atoms with van der Waals surface area (Å²) in [5.41, 5.74) is 7.75. The number of carbonyl (C=O) groups excluding carboxylic acids is 2. The zero-order valence-corrected chi connectivity index (χ0v) is 14.7. The van der Waals surface area contributed by atoms with Gasteiger partial charge in [0.1, 0.15) is 6.04 Å². The lowest BCUT2D eigenvalue weighted by atomic mass is 9.94. The van der Waals surface area contributed by atoms with Crippen LogP contribution in [0.15, 0.2) is 24.3 Å². The van der Waals surface area contributed by atoms with Crippen molar-refractivity contribution in [3.8, 4) is 0 Å². The summed E-state index contributed by atoms with van der Waals surface area (Å²) in [5.74, 6) is -0.470. The fourth-order valence-electron chi connectivity index (χ4n) is 4.50. The van der Waals surface area contributed by atoms with Crippen molar-refractivity contribution >= 4 is 11.8 Å². The molecule has 5 heteroatoms. The highest BCUT2D eigenvalue weighted by molar-refractivity contribution is 5.97. The molecule has 1 aliphatic carbocycles. The van der Waals surface area contributed by atoms with Crippen LogP contribution in [0.4, 0.5) is 0 Å². The standard InChI is InChI=1S/C20H27N3O2/c21-18(24)17-4-3-13-23(17)19(25)15-5-7-16(8-6-15)20(9-10-20)14-22-11-1-2-12-22/h5-8,17H,1-4,9-14H2,(H2,21,24). The SMILES string of the molecule is NC(=O)C1CCCN1C(=O)c1ccc(C2(CN3CCCC3)CC2)cc1. The van der Waals surface area contributed by atoms with Crippen LogP contribution in [-0.4, -0.2) is 53.8 Å². The summed E-state index contributed by atoms with van der Waals surface area (Å²) in [4.78, 5) is 28.5. The van der Waals surface area contributed by atoms with Crippen LogP contribution in [-0.2, 0) is 10.2 Å². The van der Waals surface area contributed by atoms with Gasteiger partial charge in [-0.2, -0.15) is 0 Å². The van der Waals surface area contributed by atoms with E-state index in [4.69, 9.17) is 5.73 Å². The van der Waals surface area contributed by atoms with Gasteiger partial charge in [-0.15, -0.1) is 0 Å². The Morgan fingerprint density at radius 3 is 2.32 bits per heavy atom. The number of hydrogen-bond donors (Lipinski definition) is 1. The highest BCUT2D eigenvalue weighted by Gasteiger charge is 2.45. The monoisotopic (exact) mass is 341 g/mol. The van der Waals surface area contributed by atoms with E-state index in [9.17, 15) is 9.59 Å². The number of carbonyl (C=O) groups is 2. The number of nitrogens with two attached hydrogens (primary N) is 1. The fourth-order valence-corrected chi connectivity index (χ4v) is 4.50. The smallest absolute Gasteiger partial charge is 0.254 e. The zero-order chi connectivity index (χ0) is 17.4. The molecule has 25 heavy (non-hydrogen) atoms. The van der Waals surface area contributed by atoms with Gasteiger partial charge >= 0.3 is 0 Å². The molecule has 0 aromatic heterocycles. The lowest BCUT2D eigenvalue weighted by Gasteiger charge is -2.24. The lowest BCUT2D eigenvalue weighted by Crippen LogP contribution is -2.43. The van der Waals surface area contributed by atoms with Crippen LogP contribution in [0.5, 0.6) is 0 Å². The van der Waals surface area contributed by atoms with Crippen molar-refractivity contribution in [2.45, 2.75) is 50.0 Å². The second-order valence-electron chi connectivity index (χ2n) is 7.90. The molecule has 3 fully saturated rings. The van der Waals surface area contributed by atoms with Gasteiger partial charge in [0.2, 0.25) is 5.91 Å². The third-order valence-electron chi connectivity index (χ3n) is 6.16. The molecule has 134 valence electrons. The minimum absolute atomic E-state index is 0.0720. The van der Waals surface area contributed by atoms with Crippen molar-refractivity contribution in [1.82, 2.24) is 9.80 Å². The van der Waals surface area contributed by atoms with Crippen LogP contribution in [0.25, 0.3) is 0 Å². The average Bonchev–Trinajstić information content (AvgIpc) is 3.03. The van der Waals surface area contributed by atoms with Gasteiger partial charge in [0.15, 0.2) is 0 Å². The van der Waals surface area contributed by atoms with Gasteiger partial charge in [0.25, 0.3) is 5.91 Å². The van der Waals surface area contributed by atoms with E-state index in [2.05, 4.69) is 17.0 Å². The zero-order valence-electron chi connectivity index (χ0n) is 14.7. The third-order valence-corrected chi connectivity index (χ3v) is 6.16. The Balaban J connectivity index is 1.46. The van der Waals surface area contributed by atoms with E-state index >= 15 is 0 Å². The second-order valence-corrected chi connectivity index (χ2v) is 7.90. The molecule has 0 bridgehead atoms. The Kier molecular flexibility index (Phi) is 4.28. The fraction of sp³-hybridized carbons (Fsp3) is 0.600. The number of rotatable bonds is 5. The Morgan fingerprint density at radius 1 is 1.04 bits per heavy atom. The van der Waals surface area contributed by atoms with Gasteiger partial charge in [0, 0.05) is 24.1 Å². The molecule has 3 aliphatic rings. The van der Waals surface area contributed by atoms with Gasteiger partial charge < -0.3 is 15.5 Å². The largest absolute Gasteiger partial charge is 0.368 e. The molecule has 1 saturated carbocycles. The highest BCUT2D eigenvalue weighted by atomic mass is 16.2. The van der Waals surface area contributed by atoms with Crippen LogP contribution in [0.3, 0.4) is 0 Å². The minimum Gasteiger partial charge on any atom is -0.368 e. The number of primary amides is 1. The van der Waals surface area contributed by atoms with Crippen molar-refractivity contribution in [3.05, 3.63) is 35.4 Å². The number of benzene rings is 1. The maximum absolute atomic E-state index is 12.7. The molecule has 0 radical (unpaired) electrons. The summed E-state index contributed by atoms with van der Waals surface area (Å²) in [7, 11) is 0. The van der Waals surface area contributed by atoms with Gasteiger partial charge in [0.05, 0.1) is 0 Å². The van der Waals surface area contributed by atoms with Crippen LogP contribution < -0.4 is 5.73 Å². The molecular weight excluding hydrogens is 314 g/mol. The van der Waals surface area contributed by atoms with Crippen LogP contribution in [0.2, 0.25) is 0 Å². The van der Waals surface area contributed by atoms with Crippen molar-refractivity contribution in [3.63, 3.8) is 0 Å². The van der Waals surface area contributed by atoms with E-state index in [0.29, 0.717) is 23.9 Å². The normalized spacial score (nSPS) is 25.3. The van der Waals surface area contributed by atoms with Crippen molar-refractivity contribution < 1.29 is 9.59 Å². The lowest BCUT2D eigenvalue weighted by molar-refractivity contribution is -0.121. The predicted molar refractivity (Wildman–Crippen MR) is 96.3 cm³/mol. The Hall–Kier alpha value is -1.88. The molecular formula is C20H27N3O2. The molecule has 2 heterocycles. The molecule has 1 aromatic rings. The van der Waals surface area contributed by atoms with Crippen LogP contribution >= 0.6 is 0 Å². The molecule has 1 atom stereocenters. The molecule has 0 spiro atoms. The highest BCUT2D eigenvalue weighted by Crippen LogP contribution is 2.49. The van der Waals surface area contributed by atoms with Crippen LogP contribution in [0, 0.1) is 0 Å². The molecule has 4 rings (SSSR count). The van der Waals surface area contributed by atoms with Gasteiger partial charge in [-0.1, -0.05) is 12.1 Å². The summed E-state index contributed by atoms with van der Waals surface area (Å²) in [6.07, 6.45) is 6.65. The molecule has 2 N–H and O–H groups in total. The quantitative estimate of drug-likeness (QED) is 0.889. The van der Waals surface area contributed by atoms with Crippen molar-refractivity contribution in [2.75, 3.05) is 26.2 Å². The van der Waals surface area contributed by atoms with E-state index in [1.165, 1.54) is 44.3 Å². The van der Waals surface area contributed by atoms with E-state index in [-0.39, 0.29) is 5.91 Å². The number of likely N-dealkylation sites (tertiary alicyclic amines) is 2. The summed E-state index contributed by atoms with van der Waals surface area (Å²) in [5, 5.41) is 0. The Morgan fingerprint density at radius 2 is 1.72 bits per heavy atom. The number of amides is 2. The first-order valence-corrected chi connectivity index (χ1v) is 9.52. The van der Waals surface area contributed by atoms with E-state index in [0.717, 1.165) is 13.0 Å². The van der Waals surface area contributed by atoms with Gasteiger partial charge in [-0.3, -0.25) is 9.59 Å². The molecule has 1 unspecified atom stereocenters. The second kappa shape index (κ2) is 6.45. The number of hydrogen-bond acceptors (Lipinski definition) is 3. The maximum atomic E-state index is 12.7. The van der Waals surface area contributed by atoms with Gasteiger partial charge in [-0.25, -0.2) is 0 Å². The summed E-state index contributed by atoms with van der Waals surface area (Å²) < 4.78 is 0. The summed E-state index contributed by atoms with van der Waals surface area (Å²) in [6, 6.07) is 7.64. The Bertz CT molecular complexity index is 660. The summed E-state index contributed by atoms with van der Waals surface area (Å²) in [6.45, 7) is 4.22.